The van der Waals surface area contributed by atoms with Crippen molar-refractivity contribution < 1.29 is 18.0 Å². The lowest BCUT2D eigenvalue weighted by Gasteiger charge is -2.27. The van der Waals surface area contributed by atoms with E-state index in [0.717, 1.165) is 25.8 Å². The van der Waals surface area contributed by atoms with Crippen LogP contribution in [0.4, 0.5) is 13.2 Å². The summed E-state index contributed by atoms with van der Waals surface area (Å²) >= 11 is 0. The molecule has 0 spiro atoms. The van der Waals surface area contributed by atoms with E-state index in [9.17, 15) is 18.0 Å². The molecule has 0 aliphatic carbocycles. The van der Waals surface area contributed by atoms with Crippen LogP contribution < -0.4 is 10.6 Å². The molecule has 0 aromatic rings. The van der Waals surface area contributed by atoms with Crippen molar-refractivity contribution >= 4 is 35.8 Å². The topological polar surface area (TPSA) is 56.7 Å². The number of nitrogens with zero attached hydrogens (tertiary/aromatic N) is 2. The van der Waals surface area contributed by atoms with E-state index in [2.05, 4.69) is 15.6 Å². The smallest absolute Gasteiger partial charge is 0.356 e. The Kier molecular flexibility index (Phi) is 10.6. The molecule has 1 unspecified atom stereocenters. The van der Waals surface area contributed by atoms with Gasteiger partial charge in [0, 0.05) is 39.1 Å². The molecule has 136 valence electrons. The molecular formula is C14H26F3IN4O. The van der Waals surface area contributed by atoms with Crippen LogP contribution in [0.3, 0.4) is 0 Å². The first-order chi connectivity index (χ1) is 10.4. The summed E-state index contributed by atoms with van der Waals surface area (Å²) in [4.78, 5) is 17.5. The molecule has 0 bridgehead atoms. The first-order valence-corrected chi connectivity index (χ1v) is 7.68. The van der Waals surface area contributed by atoms with Crippen molar-refractivity contribution in [2.75, 3.05) is 26.7 Å². The lowest BCUT2D eigenvalue weighted by atomic mass is 10.1. The largest absolute Gasteiger partial charge is 0.390 e. The van der Waals surface area contributed by atoms with Crippen molar-refractivity contribution in [2.24, 2.45) is 4.99 Å². The van der Waals surface area contributed by atoms with Crippen LogP contribution in [0.5, 0.6) is 0 Å². The van der Waals surface area contributed by atoms with Crippen LogP contribution in [0, 0.1) is 0 Å². The SMILES string of the molecule is CCC(CCNC(=NC)NCCC(F)(F)F)N1CCCC1=O.I. The minimum atomic E-state index is -4.17. The monoisotopic (exact) mass is 450 g/mol. The Labute approximate surface area is 152 Å². The summed E-state index contributed by atoms with van der Waals surface area (Å²) in [5.74, 6) is 0.548. The van der Waals surface area contributed by atoms with Crippen LogP contribution in [0.25, 0.3) is 0 Å². The van der Waals surface area contributed by atoms with Gasteiger partial charge in [-0.2, -0.15) is 13.2 Å². The molecule has 1 amide bonds. The van der Waals surface area contributed by atoms with Gasteiger partial charge in [-0.3, -0.25) is 9.79 Å². The van der Waals surface area contributed by atoms with E-state index in [1.165, 1.54) is 7.05 Å². The molecule has 0 saturated carbocycles. The van der Waals surface area contributed by atoms with Crippen molar-refractivity contribution in [3.05, 3.63) is 0 Å². The molecule has 2 N–H and O–H groups in total. The summed E-state index contributed by atoms with van der Waals surface area (Å²) < 4.78 is 36.3. The molecule has 1 heterocycles. The van der Waals surface area contributed by atoms with Gasteiger partial charge in [-0.15, -0.1) is 24.0 Å². The second-order valence-electron chi connectivity index (χ2n) is 5.33. The third kappa shape index (κ3) is 8.61. The van der Waals surface area contributed by atoms with Gasteiger partial charge in [0.1, 0.15) is 0 Å². The number of amides is 1. The maximum absolute atomic E-state index is 12.1. The van der Waals surface area contributed by atoms with Crippen LogP contribution >= 0.6 is 24.0 Å². The van der Waals surface area contributed by atoms with E-state index >= 15 is 0 Å². The molecule has 23 heavy (non-hydrogen) atoms. The molecule has 1 aliphatic rings. The van der Waals surface area contributed by atoms with E-state index in [1.807, 2.05) is 11.8 Å². The van der Waals surface area contributed by atoms with Gasteiger partial charge in [0.15, 0.2) is 5.96 Å². The second-order valence-corrected chi connectivity index (χ2v) is 5.33. The lowest BCUT2D eigenvalue weighted by molar-refractivity contribution is -0.133. The number of nitrogens with one attached hydrogen (secondary N) is 2. The normalized spacial score (nSPS) is 17.0. The molecule has 0 radical (unpaired) electrons. The molecule has 5 nitrogen and oxygen atoms in total. The van der Waals surface area contributed by atoms with Gasteiger partial charge in [-0.05, 0) is 19.3 Å². The Balaban J connectivity index is 0.00000484. The molecule has 9 heteroatoms. The number of halogens is 4. The van der Waals surface area contributed by atoms with Crippen LogP contribution in [0.1, 0.15) is 39.0 Å². The number of rotatable bonds is 7. The Morgan fingerprint density at radius 2 is 2.00 bits per heavy atom. The molecular weight excluding hydrogens is 424 g/mol. The van der Waals surface area contributed by atoms with E-state index in [4.69, 9.17) is 0 Å². The Morgan fingerprint density at radius 3 is 2.48 bits per heavy atom. The first-order valence-electron chi connectivity index (χ1n) is 7.68. The highest BCUT2D eigenvalue weighted by Crippen LogP contribution is 2.18. The summed E-state index contributed by atoms with van der Waals surface area (Å²) in [5.41, 5.74) is 0. The van der Waals surface area contributed by atoms with E-state index in [1.54, 1.807) is 0 Å². The van der Waals surface area contributed by atoms with E-state index in [0.29, 0.717) is 18.9 Å². The zero-order valence-electron chi connectivity index (χ0n) is 13.6. The van der Waals surface area contributed by atoms with Gasteiger partial charge in [0.25, 0.3) is 0 Å². The number of likely N-dealkylation sites (tertiary alicyclic amines) is 1. The maximum Gasteiger partial charge on any atom is 0.390 e. The van der Waals surface area contributed by atoms with Gasteiger partial charge < -0.3 is 15.5 Å². The van der Waals surface area contributed by atoms with Gasteiger partial charge >= 0.3 is 6.18 Å². The van der Waals surface area contributed by atoms with Gasteiger partial charge in [-0.1, -0.05) is 6.92 Å². The summed E-state index contributed by atoms with van der Waals surface area (Å²) in [6.07, 6.45) is -1.92. The fourth-order valence-electron chi connectivity index (χ4n) is 2.54. The molecule has 1 rings (SSSR count). The van der Waals surface area contributed by atoms with Crippen LogP contribution in [0.2, 0.25) is 0 Å². The van der Waals surface area contributed by atoms with Crippen molar-refractivity contribution in [1.82, 2.24) is 15.5 Å². The Hall–Kier alpha value is -0.740. The van der Waals surface area contributed by atoms with Crippen molar-refractivity contribution in [1.29, 1.82) is 0 Å². The number of hydrogen-bond acceptors (Lipinski definition) is 2. The zero-order valence-corrected chi connectivity index (χ0v) is 15.9. The van der Waals surface area contributed by atoms with Gasteiger partial charge in [0.05, 0.1) is 6.42 Å². The summed E-state index contributed by atoms with van der Waals surface area (Å²) in [5, 5.41) is 5.63. The highest BCUT2D eigenvalue weighted by atomic mass is 127. The highest BCUT2D eigenvalue weighted by molar-refractivity contribution is 14.0. The highest BCUT2D eigenvalue weighted by Gasteiger charge is 2.27. The molecule has 1 aliphatic heterocycles. The minimum Gasteiger partial charge on any atom is -0.356 e. The Morgan fingerprint density at radius 1 is 1.35 bits per heavy atom. The Bertz CT molecular complexity index is 391. The van der Waals surface area contributed by atoms with Crippen molar-refractivity contribution in [3.8, 4) is 0 Å². The zero-order chi connectivity index (χ0) is 16.6. The second kappa shape index (κ2) is 10.9. The number of carbonyl (C=O) groups excluding carboxylic acids is 1. The third-order valence-electron chi connectivity index (χ3n) is 3.72. The standard InChI is InChI=1S/C14H25F3N4O.HI/c1-3-11(21-10-4-5-12(21)22)6-8-19-13(18-2)20-9-7-14(15,16)17;/h11H,3-10H2,1-2H3,(H2,18,19,20);1H. The predicted molar refractivity (Wildman–Crippen MR) is 95.1 cm³/mol. The summed E-state index contributed by atoms with van der Waals surface area (Å²) in [7, 11) is 1.52. The molecule has 0 aromatic heterocycles. The minimum absolute atomic E-state index is 0. The van der Waals surface area contributed by atoms with E-state index < -0.39 is 12.6 Å². The predicted octanol–water partition coefficient (Wildman–Crippen LogP) is 2.51. The van der Waals surface area contributed by atoms with Crippen LogP contribution in [-0.4, -0.2) is 55.7 Å². The fourth-order valence-corrected chi connectivity index (χ4v) is 2.54. The molecule has 0 aromatic carbocycles. The van der Waals surface area contributed by atoms with Gasteiger partial charge in [-0.25, -0.2) is 0 Å². The number of hydrogen-bond donors (Lipinski definition) is 2. The number of guanidine groups is 1. The molecule has 1 atom stereocenters. The van der Waals surface area contributed by atoms with Crippen LogP contribution in [0.15, 0.2) is 4.99 Å². The third-order valence-corrected chi connectivity index (χ3v) is 3.72. The average Bonchev–Trinajstić information content (AvgIpc) is 2.86. The maximum atomic E-state index is 12.1. The quantitative estimate of drug-likeness (QED) is 0.356. The van der Waals surface area contributed by atoms with Crippen molar-refractivity contribution in [2.45, 2.75) is 51.2 Å². The number of aliphatic imine (C=N–C) groups is 1. The van der Waals surface area contributed by atoms with E-state index in [-0.39, 0.29) is 42.5 Å². The average molecular weight is 450 g/mol. The van der Waals surface area contributed by atoms with Crippen LogP contribution in [-0.2, 0) is 4.79 Å². The fraction of sp³-hybridized carbons (Fsp3) is 0.857. The molecule has 1 fully saturated rings. The van der Waals surface area contributed by atoms with Crippen molar-refractivity contribution in [3.63, 3.8) is 0 Å². The first kappa shape index (κ1) is 22.3. The molecule has 1 saturated heterocycles. The summed E-state index contributed by atoms with van der Waals surface area (Å²) in [6.45, 7) is 3.20. The number of carbonyl (C=O) groups is 1. The lowest BCUT2D eigenvalue weighted by Crippen LogP contribution is -2.42. The number of alkyl halides is 3. The van der Waals surface area contributed by atoms with Gasteiger partial charge in [0.2, 0.25) is 5.91 Å². The summed E-state index contributed by atoms with van der Waals surface area (Å²) in [6, 6.07) is 0.177.